The summed E-state index contributed by atoms with van der Waals surface area (Å²) in [6.45, 7) is 7.89. The number of aliphatic hydroxyl groups excluding tert-OH is 1. The number of nitrogens with zero attached hydrogens (tertiary/aromatic N) is 1. The van der Waals surface area contributed by atoms with Crippen LogP contribution in [0.5, 0.6) is 0 Å². The number of halogens is 3. The number of hydrogen-bond donors (Lipinski definition) is 1. The third-order valence-electron chi connectivity index (χ3n) is 8.59. The van der Waals surface area contributed by atoms with E-state index in [4.69, 9.17) is 9.72 Å². The molecule has 0 amide bonds. The molecule has 0 saturated heterocycles. The number of alkyl halides is 3. The molecule has 8 heteroatoms. The van der Waals surface area contributed by atoms with Gasteiger partial charge in [0.1, 0.15) is 6.10 Å². The van der Waals surface area contributed by atoms with E-state index in [0.29, 0.717) is 23.2 Å². The molecule has 1 aliphatic heterocycles. The first-order chi connectivity index (χ1) is 17.2. The topological polar surface area (TPSA) is 82.5 Å². The predicted molar refractivity (Wildman–Crippen MR) is 129 cm³/mol. The second-order valence-electron chi connectivity index (χ2n) is 11.9. The summed E-state index contributed by atoms with van der Waals surface area (Å²) in [5.41, 5.74) is 2.39. The number of fused-ring (bicyclic) bond motifs is 4. The zero-order chi connectivity index (χ0) is 26.9. The number of benzene rings is 1. The summed E-state index contributed by atoms with van der Waals surface area (Å²) in [6.07, 6.45) is -2.42. The van der Waals surface area contributed by atoms with Crippen molar-refractivity contribution in [1.82, 2.24) is 4.98 Å². The van der Waals surface area contributed by atoms with Crippen molar-refractivity contribution in [3.63, 3.8) is 0 Å². The molecule has 2 aromatic rings. The van der Waals surface area contributed by atoms with Crippen LogP contribution in [0.1, 0.15) is 129 Å². The lowest BCUT2D eigenvalue weighted by molar-refractivity contribution is -0.306. The highest BCUT2D eigenvalue weighted by Crippen LogP contribution is 2.61. The summed E-state index contributed by atoms with van der Waals surface area (Å²) in [4.78, 5) is 16.8. The van der Waals surface area contributed by atoms with Crippen LogP contribution in [0.3, 0.4) is 0 Å². The Balaban J connectivity index is 1.77. The van der Waals surface area contributed by atoms with E-state index < -0.39 is 46.9 Å². The van der Waals surface area contributed by atoms with E-state index in [0.717, 1.165) is 54.6 Å². The predicted octanol–water partition coefficient (Wildman–Crippen LogP) is 5.80. The molecule has 0 radical (unpaired) electrons. The number of carbonyl (C=O) groups excluding carboxylic acids is 1. The third kappa shape index (κ3) is 4.26. The molecule has 200 valence electrons. The van der Waals surface area contributed by atoms with Crippen LogP contribution in [0, 0.1) is 5.41 Å². The van der Waals surface area contributed by atoms with E-state index in [1.807, 2.05) is 27.7 Å². The SMILES string of the molecule is CC(C)c1nc2c(c3c1[C@@H](c1ccc(C(F)(F)F)cc1)OC31CCCC1)[C@@H](O)CC(C)(C)[C@H]2CC(=O)[O-]. The van der Waals surface area contributed by atoms with E-state index >= 15 is 0 Å². The highest BCUT2D eigenvalue weighted by atomic mass is 19.4. The minimum absolute atomic E-state index is 0.0538. The van der Waals surface area contributed by atoms with Gasteiger partial charge in [0, 0.05) is 28.7 Å². The Hall–Kier alpha value is -2.45. The van der Waals surface area contributed by atoms with Crippen molar-refractivity contribution < 1.29 is 32.9 Å². The Morgan fingerprint density at radius 1 is 1.16 bits per heavy atom. The maximum absolute atomic E-state index is 13.3. The number of hydrogen-bond acceptors (Lipinski definition) is 5. The average molecular weight is 517 g/mol. The van der Waals surface area contributed by atoms with Gasteiger partial charge < -0.3 is 19.7 Å². The van der Waals surface area contributed by atoms with Crippen molar-refractivity contribution >= 4 is 5.97 Å². The molecule has 0 bridgehead atoms. The minimum atomic E-state index is -4.44. The fourth-order valence-corrected chi connectivity index (χ4v) is 6.84. The van der Waals surface area contributed by atoms with E-state index in [9.17, 15) is 28.2 Å². The van der Waals surface area contributed by atoms with Crippen molar-refractivity contribution in [1.29, 1.82) is 0 Å². The van der Waals surface area contributed by atoms with Gasteiger partial charge in [-0.1, -0.05) is 52.7 Å². The summed E-state index contributed by atoms with van der Waals surface area (Å²) in [5, 5.41) is 23.3. The highest BCUT2D eigenvalue weighted by Gasteiger charge is 2.54. The molecule has 1 aromatic heterocycles. The molecule has 1 aromatic carbocycles. The number of ether oxygens (including phenoxy) is 1. The van der Waals surface area contributed by atoms with Crippen LogP contribution in [-0.4, -0.2) is 16.1 Å². The van der Waals surface area contributed by atoms with Gasteiger partial charge in [-0.05, 0) is 60.3 Å². The Kier molecular flexibility index (Phi) is 6.23. The number of rotatable bonds is 4. The molecular formula is C29H33F3NO4-. The lowest BCUT2D eigenvalue weighted by Gasteiger charge is -2.44. The maximum atomic E-state index is 13.3. The van der Waals surface area contributed by atoms with Gasteiger partial charge in [0.25, 0.3) is 0 Å². The van der Waals surface area contributed by atoms with E-state index in [1.165, 1.54) is 12.1 Å². The number of aromatic nitrogens is 1. The maximum Gasteiger partial charge on any atom is 0.416 e. The summed E-state index contributed by atoms with van der Waals surface area (Å²) in [6, 6.07) is 5.08. The Bertz CT molecular complexity index is 1210. The van der Waals surface area contributed by atoms with Crippen LogP contribution in [0.15, 0.2) is 24.3 Å². The first-order valence-corrected chi connectivity index (χ1v) is 13.1. The summed E-state index contributed by atoms with van der Waals surface area (Å²) >= 11 is 0. The van der Waals surface area contributed by atoms with E-state index in [2.05, 4.69) is 0 Å². The molecule has 5 nitrogen and oxygen atoms in total. The van der Waals surface area contributed by atoms with Crippen molar-refractivity contribution in [3.8, 4) is 0 Å². The van der Waals surface area contributed by atoms with Gasteiger partial charge in [0.05, 0.1) is 23.0 Å². The zero-order valence-electron chi connectivity index (χ0n) is 21.6. The standard InChI is InChI=1S/C29H34F3NO4/c1-15(2)24-22-23(21-19(34)14-27(3,4)18(13-20(35)36)25(21)33-24)28(11-5-6-12-28)37-26(22)16-7-9-17(10-8-16)29(30,31)32/h7-10,15,18-19,26,34H,5-6,11-14H2,1-4H3,(H,35,36)/p-1/t18-,19-,26+/m0/s1. The van der Waals surface area contributed by atoms with Crippen LogP contribution in [0.2, 0.25) is 0 Å². The normalized spacial score (nSPS) is 25.9. The number of carboxylic acid groups (broad SMARTS) is 1. The molecule has 3 aliphatic rings. The highest BCUT2D eigenvalue weighted by molar-refractivity contribution is 5.67. The molecule has 2 heterocycles. The van der Waals surface area contributed by atoms with Crippen LogP contribution in [0.25, 0.3) is 0 Å². The van der Waals surface area contributed by atoms with Gasteiger partial charge in [-0.2, -0.15) is 13.2 Å². The number of aliphatic carboxylic acids is 1. The largest absolute Gasteiger partial charge is 0.550 e. The molecule has 1 fully saturated rings. The smallest absolute Gasteiger partial charge is 0.416 e. The molecule has 1 spiro atoms. The number of carbonyl (C=O) groups is 1. The Morgan fingerprint density at radius 3 is 2.32 bits per heavy atom. The second kappa shape index (κ2) is 8.80. The Morgan fingerprint density at radius 2 is 1.78 bits per heavy atom. The fourth-order valence-electron chi connectivity index (χ4n) is 6.84. The third-order valence-corrected chi connectivity index (χ3v) is 8.59. The van der Waals surface area contributed by atoms with Crippen LogP contribution in [0.4, 0.5) is 13.2 Å². The lowest BCUT2D eigenvalue weighted by Crippen LogP contribution is -2.38. The molecule has 5 rings (SSSR count). The summed E-state index contributed by atoms with van der Waals surface area (Å²) < 4.78 is 46.6. The molecule has 0 unspecified atom stereocenters. The van der Waals surface area contributed by atoms with Crippen molar-refractivity contribution in [2.45, 2.75) is 102 Å². The van der Waals surface area contributed by atoms with E-state index in [-0.39, 0.29) is 12.3 Å². The monoisotopic (exact) mass is 516 g/mol. The number of carboxylic acids is 1. The van der Waals surface area contributed by atoms with Crippen LogP contribution in [-0.2, 0) is 21.3 Å². The molecule has 37 heavy (non-hydrogen) atoms. The van der Waals surface area contributed by atoms with E-state index in [1.54, 1.807) is 0 Å². The first kappa shape index (κ1) is 26.2. The molecule has 2 aliphatic carbocycles. The molecule has 3 atom stereocenters. The van der Waals surface area contributed by atoms with Crippen LogP contribution < -0.4 is 5.11 Å². The fraction of sp³-hybridized carbons (Fsp3) is 0.586. The Labute approximate surface area is 215 Å². The van der Waals surface area contributed by atoms with Crippen molar-refractivity contribution in [3.05, 3.63) is 63.5 Å². The van der Waals surface area contributed by atoms with Gasteiger partial charge in [-0.25, -0.2) is 0 Å². The summed E-state index contributed by atoms with van der Waals surface area (Å²) in [7, 11) is 0. The van der Waals surface area contributed by atoms with Gasteiger partial charge in [0.2, 0.25) is 0 Å². The number of pyridine rings is 1. The van der Waals surface area contributed by atoms with Gasteiger partial charge in [-0.15, -0.1) is 0 Å². The van der Waals surface area contributed by atoms with Gasteiger partial charge >= 0.3 is 6.18 Å². The van der Waals surface area contributed by atoms with Crippen LogP contribution >= 0.6 is 0 Å². The first-order valence-electron chi connectivity index (χ1n) is 13.1. The molecular weight excluding hydrogens is 483 g/mol. The van der Waals surface area contributed by atoms with Gasteiger partial charge in [0.15, 0.2) is 0 Å². The molecule has 1 N–H and O–H groups in total. The summed E-state index contributed by atoms with van der Waals surface area (Å²) in [5.74, 6) is -1.66. The zero-order valence-corrected chi connectivity index (χ0v) is 21.6. The van der Waals surface area contributed by atoms with Gasteiger partial charge in [-0.3, -0.25) is 4.98 Å². The van der Waals surface area contributed by atoms with Crippen molar-refractivity contribution in [2.24, 2.45) is 5.41 Å². The minimum Gasteiger partial charge on any atom is -0.550 e. The number of aliphatic hydroxyl groups is 1. The lowest BCUT2D eigenvalue weighted by atomic mass is 9.63. The van der Waals surface area contributed by atoms with Crippen molar-refractivity contribution in [2.75, 3.05) is 0 Å². The average Bonchev–Trinajstić information content (AvgIpc) is 3.40. The molecule has 1 saturated carbocycles. The second-order valence-corrected chi connectivity index (χ2v) is 11.9. The quantitative estimate of drug-likeness (QED) is 0.556.